The highest BCUT2D eigenvalue weighted by atomic mass is 35.5. The molecule has 3 unspecified atom stereocenters. The molecule has 0 bridgehead atoms. The van der Waals surface area contributed by atoms with Gasteiger partial charge in [-0.2, -0.15) is 0 Å². The third-order valence-electron chi connectivity index (χ3n) is 2.27. The third-order valence-corrected chi connectivity index (χ3v) is 3.40. The zero-order valence-electron chi connectivity index (χ0n) is 6.52. The highest BCUT2D eigenvalue weighted by molar-refractivity contribution is 6.30. The van der Waals surface area contributed by atoms with Crippen LogP contribution in [0.5, 0.6) is 0 Å². The number of hydrogen-bond acceptors (Lipinski definition) is 1. The Morgan fingerprint density at radius 3 is 2.36 bits per heavy atom. The first-order valence-corrected chi connectivity index (χ1v) is 4.77. The van der Waals surface area contributed by atoms with E-state index in [0.717, 1.165) is 19.3 Å². The normalized spacial score (nSPS) is 38.6. The minimum Gasteiger partial charge on any atom is -0.300 e. The highest BCUT2D eigenvalue weighted by Crippen LogP contribution is 2.31. The lowest BCUT2D eigenvalue weighted by Crippen LogP contribution is -2.29. The number of hydrogen-bond donors (Lipinski definition) is 0. The summed E-state index contributed by atoms with van der Waals surface area (Å²) in [6, 6.07) is 0. The van der Waals surface area contributed by atoms with Crippen molar-refractivity contribution in [2.24, 2.45) is 5.92 Å². The van der Waals surface area contributed by atoms with E-state index in [2.05, 4.69) is 0 Å². The summed E-state index contributed by atoms with van der Waals surface area (Å²) in [5.74, 6) is 0.409. The first kappa shape index (κ1) is 9.34. The van der Waals surface area contributed by atoms with Crippen molar-refractivity contribution in [3.8, 4) is 0 Å². The van der Waals surface area contributed by atoms with Crippen LogP contribution in [-0.2, 0) is 4.79 Å². The van der Waals surface area contributed by atoms with Gasteiger partial charge in [0.05, 0.1) is 5.38 Å². The number of rotatable bonds is 1. The molecule has 1 saturated carbocycles. The van der Waals surface area contributed by atoms with Crippen molar-refractivity contribution in [2.75, 3.05) is 0 Å². The Labute approximate surface area is 77.1 Å². The second-order valence-electron chi connectivity index (χ2n) is 3.15. The third kappa shape index (κ3) is 2.34. The fourth-order valence-corrected chi connectivity index (χ4v) is 2.02. The lowest BCUT2D eigenvalue weighted by molar-refractivity contribution is -0.121. The highest BCUT2D eigenvalue weighted by Gasteiger charge is 2.29. The van der Waals surface area contributed by atoms with E-state index in [0.29, 0.717) is 0 Å². The van der Waals surface area contributed by atoms with Crippen LogP contribution in [0.15, 0.2) is 0 Å². The molecule has 1 nitrogen and oxygen atoms in total. The molecule has 3 heteroatoms. The molecule has 1 aliphatic carbocycles. The van der Waals surface area contributed by atoms with Gasteiger partial charge in [-0.3, -0.25) is 4.79 Å². The van der Waals surface area contributed by atoms with E-state index in [1.165, 1.54) is 0 Å². The quantitative estimate of drug-likeness (QED) is 0.587. The maximum Gasteiger partial charge on any atom is 0.132 e. The average Bonchev–Trinajstić information content (AvgIpc) is 1.94. The fourth-order valence-electron chi connectivity index (χ4n) is 1.45. The number of ketones is 1. The zero-order valence-corrected chi connectivity index (χ0v) is 8.03. The lowest BCUT2D eigenvalue weighted by Gasteiger charge is -2.27. The number of carbonyl (C=O) groups excluding carboxylic acids is 1. The fraction of sp³-hybridized carbons (Fsp3) is 0.875. The molecule has 1 fully saturated rings. The molecule has 1 aliphatic rings. The molecule has 11 heavy (non-hydrogen) atoms. The van der Waals surface area contributed by atoms with E-state index in [9.17, 15) is 4.79 Å². The molecule has 0 aliphatic heterocycles. The van der Waals surface area contributed by atoms with E-state index in [1.54, 1.807) is 6.92 Å². The van der Waals surface area contributed by atoms with Crippen LogP contribution < -0.4 is 0 Å². The predicted octanol–water partition coefficient (Wildman–Crippen LogP) is 2.59. The van der Waals surface area contributed by atoms with E-state index in [1.807, 2.05) is 0 Å². The van der Waals surface area contributed by atoms with E-state index in [-0.39, 0.29) is 22.5 Å². The molecule has 1 rings (SSSR count). The lowest BCUT2D eigenvalue weighted by atomic mass is 9.86. The smallest absolute Gasteiger partial charge is 0.132 e. The Bertz CT molecular complexity index is 158. The van der Waals surface area contributed by atoms with Gasteiger partial charge in [0.15, 0.2) is 0 Å². The average molecular weight is 195 g/mol. The van der Waals surface area contributed by atoms with Gasteiger partial charge >= 0.3 is 0 Å². The van der Waals surface area contributed by atoms with Crippen molar-refractivity contribution >= 4 is 29.0 Å². The van der Waals surface area contributed by atoms with Gasteiger partial charge in [0.25, 0.3) is 0 Å². The molecule has 0 saturated heterocycles. The molecule has 64 valence electrons. The summed E-state index contributed by atoms with van der Waals surface area (Å²) in [6.45, 7) is 1.63. The zero-order chi connectivity index (χ0) is 8.43. The predicted molar refractivity (Wildman–Crippen MR) is 47.3 cm³/mol. The van der Waals surface area contributed by atoms with Gasteiger partial charge in [-0.05, 0) is 26.2 Å². The summed E-state index contributed by atoms with van der Waals surface area (Å²) in [4.78, 5) is 10.9. The number of Topliss-reactive ketones (excluding diaryl/α,β-unsaturated/α-hetero) is 1. The molecule has 0 amide bonds. The van der Waals surface area contributed by atoms with Crippen LogP contribution in [0.1, 0.15) is 26.2 Å². The number of carbonyl (C=O) groups is 1. The summed E-state index contributed by atoms with van der Waals surface area (Å²) in [5, 5.41) is 0.0478. The largest absolute Gasteiger partial charge is 0.300 e. The molecular weight excluding hydrogens is 183 g/mol. The standard InChI is InChI=1S/C8H12Cl2O/c1-5(11)6-2-3-7(9)8(10)4-6/h6-8H,2-4H2,1H3. The van der Waals surface area contributed by atoms with Gasteiger partial charge < -0.3 is 0 Å². The van der Waals surface area contributed by atoms with Crippen molar-refractivity contribution < 1.29 is 4.79 Å². The van der Waals surface area contributed by atoms with Crippen molar-refractivity contribution in [1.82, 2.24) is 0 Å². The van der Waals surface area contributed by atoms with Gasteiger partial charge in [-0.1, -0.05) is 0 Å². The maximum absolute atomic E-state index is 10.9. The molecule has 0 aromatic heterocycles. The van der Waals surface area contributed by atoms with Gasteiger partial charge in [-0.25, -0.2) is 0 Å². The Hall–Kier alpha value is 0.250. The summed E-state index contributed by atoms with van der Waals surface area (Å²) < 4.78 is 0. The molecule has 0 aromatic rings. The van der Waals surface area contributed by atoms with Crippen molar-refractivity contribution in [3.05, 3.63) is 0 Å². The van der Waals surface area contributed by atoms with Gasteiger partial charge in [0, 0.05) is 11.3 Å². The Balaban J connectivity index is 2.46. The molecule has 3 atom stereocenters. The van der Waals surface area contributed by atoms with E-state index < -0.39 is 0 Å². The summed E-state index contributed by atoms with van der Waals surface area (Å²) in [5.41, 5.74) is 0. The van der Waals surface area contributed by atoms with Crippen LogP contribution in [-0.4, -0.2) is 16.5 Å². The van der Waals surface area contributed by atoms with Gasteiger partial charge in [0.1, 0.15) is 5.78 Å². The van der Waals surface area contributed by atoms with Crippen LogP contribution in [0.4, 0.5) is 0 Å². The Morgan fingerprint density at radius 1 is 1.27 bits per heavy atom. The minimum absolute atomic E-state index is 0.0145. The molecule has 0 heterocycles. The monoisotopic (exact) mass is 194 g/mol. The van der Waals surface area contributed by atoms with Gasteiger partial charge in [-0.15, -0.1) is 23.2 Å². The van der Waals surface area contributed by atoms with Crippen molar-refractivity contribution in [2.45, 2.75) is 36.9 Å². The van der Waals surface area contributed by atoms with E-state index >= 15 is 0 Å². The van der Waals surface area contributed by atoms with E-state index in [4.69, 9.17) is 23.2 Å². The molecule has 0 N–H and O–H groups in total. The van der Waals surface area contributed by atoms with Crippen LogP contribution in [0, 0.1) is 5.92 Å². The van der Waals surface area contributed by atoms with Crippen molar-refractivity contribution in [1.29, 1.82) is 0 Å². The number of alkyl halides is 2. The SMILES string of the molecule is CC(=O)C1CCC(Cl)C(Cl)C1. The second kappa shape index (κ2) is 3.77. The molecular formula is C8H12Cl2O. The van der Waals surface area contributed by atoms with Crippen LogP contribution in [0.3, 0.4) is 0 Å². The topological polar surface area (TPSA) is 17.1 Å². The summed E-state index contributed by atoms with van der Waals surface area (Å²) >= 11 is 11.8. The van der Waals surface area contributed by atoms with Crippen molar-refractivity contribution in [3.63, 3.8) is 0 Å². The van der Waals surface area contributed by atoms with Gasteiger partial charge in [0.2, 0.25) is 0 Å². The first-order chi connectivity index (χ1) is 5.11. The van der Waals surface area contributed by atoms with Crippen LogP contribution >= 0.6 is 23.2 Å². The first-order valence-electron chi connectivity index (χ1n) is 3.90. The summed E-state index contributed by atoms with van der Waals surface area (Å²) in [6.07, 6.45) is 2.54. The van der Waals surface area contributed by atoms with Crippen LogP contribution in [0.25, 0.3) is 0 Å². The Kier molecular flexibility index (Phi) is 3.20. The second-order valence-corrected chi connectivity index (χ2v) is 4.27. The maximum atomic E-state index is 10.9. The minimum atomic E-state index is -0.0145. The Morgan fingerprint density at radius 2 is 1.91 bits per heavy atom. The molecule has 0 aromatic carbocycles. The van der Waals surface area contributed by atoms with Crippen LogP contribution in [0.2, 0.25) is 0 Å². The molecule has 0 radical (unpaired) electrons. The molecule has 0 spiro atoms. The number of halogens is 2. The summed E-state index contributed by atoms with van der Waals surface area (Å²) in [7, 11) is 0.